The standard InChI is InChI=1S/C28H33Cl2NO6S/c1-28(2,3)38(35,36)16-22(17-6-4-7-17)31-25(18-10-12-20(29)13-11-18)26(19-8-5-9-21(30)14-19)37-23(27(31)34)15-24(32)33/h5,8-14,17,22-23,25-26H,4,6-7,15-16H2,1-3H3,(H,32,33)/t22-,23-,25-,26-/m1/s1. The summed E-state index contributed by atoms with van der Waals surface area (Å²) in [6.45, 7) is 4.96. The minimum Gasteiger partial charge on any atom is -0.481 e. The van der Waals surface area contributed by atoms with E-state index in [2.05, 4.69) is 0 Å². The first kappa shape index (κ1) is 28.9. The summed E-state index contributed by atoms with van der Waals surface area (Å²) in [5, 5.41) is 10.6. The highest BCUT2D eigenvalue weighted by molar-refractivity contribution is 7.92. The van der Waals surface area contributed by atoms with Crippen molar-refractivity contribution in [1.82, 2.24) is 4.90 Å². The fourth-order valence-electron chi connectivity index (χ4n) is 5.11. The minimum absolute atomic E-state index is 0.0329. The molecular weight excluding hydrogens is 549 g/mol. The van der Waals surface area contributed by atoms with E-state index in [0.717, 1.165) is 19.3 Å². The van der Waals surface area contributed by atoms with E-state index in [-0.39, 0.29) is 11.7 Å². The number of ether oxygens (including phenoxy) is 1. The summed E-state index contributed by atoms with van der Waals surface area (Å²) in [6.07, 6.45) is -0.0846. The van der Waals surface area contributed by atoms with Gasteiger partial charge in [-0.05, 0) is 74.9 Å². The van der Waals surface area contributed by atoms with Gasteiger partial charge in [-0.1, -0.05) is 53.9 Å². The molecule has 2 aliphatic rings. The van der Waals surface area contributed by atoms with Crippen molar-refractivity contribution in [3.8, 4) is 0 Å². The Morgan fingerprint density at radius 1 is 1.08 bits per heavy atom. The summed E-state index contributed by atoms with van der Waals surface area (Å²) < 4.78 is 32.2. The lowest BCUT2D eigenvalue weighted by Gasteiger charge is -2.51. The van der Waals surface area contributed by atoms with Crippen molar-refractivity contribution in [3.05, 3.63) is 69.7 Å². The number of hydrogen-bond acceptors (Lipinski definition) is 5. The number of amides is 1. The Morgan fingerprint density at radius 3 is 2.26 bits per heavy atom. The topological polar surface area (TPSA) is 101 Å². The van der Waals surface area contributed by atoms with Crippen LogP contribution in [0, 0.1) is 5.92 Å². The van der Waals surface area contributed by atoms with E-state index >= 15 is 0 Å². The molecule has 1 aliphatic heterocycles. The molecular formula is C28H33Cl2NO6S. The van der Waals surface area contributed by atoms with Gasteiger partial charge in [0.25, 0.3) is 5.91 Å². The number of sulfone groups is 1. The number of carboxylic acids is 1. The summed E-state index contributed by atoms with van der Waals surface area (Å²) >= 11 is 12.5. The highest BCUT2D eigenvalue weighted by Gasteiger charge is 2.51. The van der Waals surface area contributed by atoms with Crippen molar-refractivity contribution < 1.29 is 27.9 Å². The second-order valence-corrected chi connectivity index (χ2v) is 14.8. The van der Waals surface area contributed by atoms with Gasteiger partial charge in [0.15, 0.2) is 9.84 Å². The molecule has 0 radical (unpaired) electrons. The van der Waals surface area contributed by atoms with Crippen molar-refractivity contribution >= 4 is 44.9 Å². The van der Waals surface area contributed by atoms with Crippen molar-refractivity contribution in [2.24, 2.45) is 5.92 Å². The maximum atomic E-state index is 14.1. The van der Waals surface area contributed by atoms with Crippen LogP contribution >= 0.6 is 23.2 Å². The Labute approximate surface area is 234 Å². The van der Waals surface area contributed by atoms with Crippen LogP contribution in [0.2, 0.25) is 10.0 Å². The van der Waals surface area contributed by atoms with E-state index in [1.54, 1.807) is 68.1 Å². The van der Waals surface area contributed by atoms with E-state index in [1.807, 2.05) is 6.07 Å². The number of morpholine rings is 1. The highest BCUT2D eigenvalue weighted by atomic mass is 35.5. The van der Waals surface area contributed by atoms with Crippen LogP contribution in [0.5, 0.6) is 0 Å². The zero-order valence-corrected chi connectivity index (χ0v) is 24.0. The Hall–Kier alpha value is -2.13. The third kappa shape index (κ3) is 6.03. The van der Waals surface area contributed by atoms with Gasteiger partial charge in [-0.15, -0.1) is 0 Å². The number of benzene rings is 2. The molecule has 1 heterocycles. The predicted octanol–water partition coefficient (Wildman–Crippen LogP) is 5.86. The summed E-state index contributed by atoms with van der Waals surface area (Å²) in [5.74, 6) is -1.96. The summed E-state index contributed by atoms with van der Waals surface area (Å²) in [6, 6.07) is 12.7. The first-order valence-electron chi connectivity index (χ1n) is 12.7. The molecule has 4 rings (SSSR count). The molecule has 0 bridgehead atoms. The van der Waals surface area contributed by atoms with Crippen LogP contribution in [-0.4, -0.2) is 52.9 Å². The van der Waals surface area contributed by atoms with Crippen LogP contribution < -0.4 is 0 Å². The van der Waals surface area contributed by atoms with Gasteiger partial charge in [-0.3, -0.25) is 9.59 Å². The maximum absolute atomic E-state index is 14.1. The number of halogens is 2. The molecule has 2 aromatic carbocycles. The van der Waals surface area contributed by atoms with Crippen LogP contribution in [0.3, 0.4) is 0 Å². The predicted molar refractivity (Wildman–Crippen MR) is 147 cm³/mol. The van der Waals surface area contributed by atoms with E-state index < -0.39 is 57.2 Å². The average molecular weight is 583 g/mol. The Balaban J connectivity index is 1.91. The molecule has 206 valence electrons. The van der Waals surface area contributed by atoms with Crippen molar-refractivity contribution in [1.29, 1.82) is 0 Å². The lowest BCUT2D eigenvalue weighted by atomic mass is 9.78. The fourth-order valence-corrected chi connectivity index (χ4v) is 6.81. The molecule has 4 atom stereocenters. The molecule has 1 amide bonds. The van der Waals surface area contributed by atoms with Crippen molar-refractivity contribution in [3.63, 3.8) is 0 Å². The zero-order chi connectivity index (χ0) is 27.8. The molecule has 0 spiro atoms. The SMILES string of the molecule is CC(C)(C)S(=O)(=O)C[C@H](C1CCC1)N1C(=O)[C@@H](CC(=O)O)O[C@H](c2cccc(Cl)c2)[C@H]1c1ccc(Cl)cc1. The fraction of sp³-hybridized carbons (Fsp3) is 0.500. The third-order valence-electron chi connectivity index (χ3n) is 7.55. The van der Waals surface area contributed by atoms with Crippen molar-refractivity contribution in [2.75, 3.05) is 5.75 Å². The van der Waals surface area contributed by atoms with Crippen LogP contribution in [0.15, 0.2) is 48.5 Å². The van der Waals surface area contributed by atoms with Crippen LogP contribution in [-0.2, 0) is 24.2 Å². The van der Waals surface area contributed by atoms with E-state index in [9.17, 15) is 23.1 Å². The Morgan fingerprint density at radius 2 is 1.74 bits per heavy atom. The van der Waals surface area contributed by atoms with Gasteiger partial charge in [-0.2, -0.15) is 0 Å². The quantitative estimate of drug-likeness (QED) is 0.419. The van der Waals surface area contributed by atoms with Gasteiger partial charge in [0, 0.05) is 16.1 Å². The Bertz CT molecular complexity index is 1290. The van der Waals surface area contributed by atoms with Crippen LogP contribution in [0.1, 0.15) is 69.7 Å². The second-order valence-electron chi connectivity index (χ2n) is 11.1. The number of aliphatic carboxylic acids is 1. The molecule has 1 N–H and O–H groups in total. The zero-order valence-electron chi connectivity index (χ0n) is 21.6. The number of carboxylic acid groups (broad SMARTS) is 1. The molecule has 0 unspecified atom stereocenters. The third-order valence-corrected chi connectivity index (χ3v) is 10.7. The molecule has 1 saturated heterocycles. The highest BCUT2D eigenvalue weighted by Crippen LogP contribution is 2.47. The number of hydrogen-bond donors (Lipinski definition) is 1. The molecule has 1 saturated carbocycles. The molecule has 2 aromatic rings. The van der Waals surface area contributed by atoms with Crippen LogP contribution in [0.25, 0.3) is 0 Å². The minimum atomic E-state index is -3.63. The number of rotatable bonds is 8. The molecule has 10 heteroatoms. The molecule has 1 aliphatic carbocycles. The van der Waals surface area contributed by atoms with Gasteiger partial charge in [0.05, 0.1) is 23.0 Å². The lowest BCUT2D eigenvalue weighted by molar-refractivity contribution is -0.185. The number of nitrogens with zero attached hydrogens (tertiary/aromatic N) is 1. The molecule has 38 heavy (non-hydrogen) atoms. The normalized spacial score (nSPS) is 23.7. The smallest absolute Gasteiger partial charge is 0.306 e. The van der Waals surface area contributed by atoms with E-state index in [4.69, 9.17) is 27.9 Å². The van der Waals surface area contributed by atoms with Crippen LogP contribution in [0.4, 0.5) is 0 Å². The largest absolute Gasteiger partial charge is 0.481 e. The van der Waals surface area contributed by atoms with Crippen molar-refractivity contribution in [2.45, 2.75) is 75.5 Å². The first-order valence-corrected chi connectivity index (χ1v) is 15.1. The summed E-state index contributed by atoms with van der Waals surface area (Å²) in [5.41, 5.74) is 1.37. The second kappa shape index (κ2) is 11.2. The molecule has 7 nitrogen and oxygen atoms in total. The average Bonchev–Trinajstić information content (AvgIpc) is 2.78. The first-order chi connectivity index (χ1) is 17.8. The van der Waals surface area contributed by atoms with Gasteiger partial charge >= 0.3 is 5.97 Å². The summed E-state index contributed by atoms with van der Waals surface area (Å²) in [4.78, 5) is 27.4. The van der Waals surface area contributed by atoms with Gasteiger partial charge in [-0.25, -0.2) is 8.42 Å². The molecule has 2 fully saturated rings. The maximum Gasteiger partial charge on any atom is 0.306 e. The van der Waals surface area contributed by atoms with E-state index in [1.165, 1.54) is 0 Å². The summed E-state index contributed by atoms with van der Waals surface area (Å²) in [7, 11) is -3.63. The number of carbonyl (C=O) groups is 2. The van der Waals surface area contributed by atoms with Gasteiger partial charge in [0.2, 0.25) is 0 Å². The van der Waals surface area contributed by atoms with Gasteiger partial charge in [0.1, 0.15) is 12.2 Å². The monoisotopic (exact) mass is 581 g/mol. The van der Waals surface area contributed by atoms with Gasteiger partial charge < -0.3 is 14.7 Å². The lowest BCUT2D eigenvalue weighted by Crippen LogP contribution is -2.60. The number of carbonyl (C=O) groups excluding carboxylic acids is 1. The Kier molecular flexibility index (Phi) is 8.48. The molecule has 0 aromatic heterocycles. The van der Waals surface area contributed by atoms with E-state index in [0.29, 0.717) is 21.2 Å².